The molecular weight excluding hydrogens is 422 g/mol. The van der Waals surface area contributed by atoms with E-state index in [-0.39, 0.29) is 22.3 Å². The first kappa shape index (κ1) is 24.6. The van der Waals surface area contributed by atoms with Crippen LogP contribution in [0.15, 0.2) is 18.3 Å². The Kier molecular flexibility index (Phi) is 6.67. The van der Waals surface area contributed by atoms with Crippen molar-refractivity contribution >= 4 is 21.1 Å². The fourth-order valence-electron chi connectivity index (χ4n) is 3.23. The summed E-state index contributed by atoms with van der Waals surface area (Å²) in [6, 6.07) is 0.109. The van der Waals surface area contributed by atoms with Crippen LogP contribution >= 0.6 is 0 Å². The lowest BCUT2D eigenvalue weighted by atomic mass is 9.96. The zero-order valence-corrected chi connectivity index (χ0v) is 19.0. The molecule has 1 aromatic heterocycles. The van der Waals surface area contributed by atoms with Crippen LogP contribution in [-0.2, 0) is 16.8 Å². The Hall–Kier alpha value is -1.65. The van der Waals surface area contributed by atoms with Crippen molar-refractivity contribution in [2.24, 2.45) is 5.41 Å². The number of nitrogens with zero attached hydrogens (tertiary/aromatic N) is 2. The van der Waals surface area contributed by atoms with Gasteiger partial charge in [0, 0.05) is 43.3 Å². The van der Waals surface area contributed by atoms with Crippen LogP contribution < -0.4 is 4.72 Å². The van der Waals surface area contributed by atoms with Crippen molar-refractivity contribution in [3.63, 3.8) is 0 Å². The number of hydrogen-bond donors (Lipinski definition) is 1. The predicted octanol–water partition coefficient (Wildman–Crippen LogP) is 4.95. The highest BCUT2D eigenvalue weighted by Gasteiger charge is 2.45. The maximum atomic E-state index is 14.7. The van der Waals surface area contributed by atoms with Crippen molar-refractivity contribution in [3.05, 3.63) is 35.3 Å². The minimum atomic E-state index is -4.92. The second kappa shape index (κ2) is 8.12. The number of hydrogen-bond acceptors (Lipinski definition) is 2. The molecule has 2 aromatic rings. The van der Waals surface area contributed by atoms with Gasteiger partial charge < -0.3 is 4.57 Å². The molecule has 1 N–H and O–H groups in total. The number of nitrogens with one attached hydrogen (secondary N) is 1. The Bertz CT molecular complexity index is 1020. The minimum Gasteiger partial charge on any atom is -0.347 e. The Morgan fingerprint density at radius 3 is 2.10 bits per heavy atom. The van der Waals surface area contributed by atoms with Crippen LogP contribution in [0.25, 0.3) is 10.9 Å². The first-order valence-corrected chi connectivity index (χ1v) is 11.0. The smallest absolute Gasteiger partial charge is 0.347 e. The van der Waals surface area contributed by atoms with Crippen molar-refractivity contribution in [2.75, 3.05) is 14.1 Å². The van der Waals surface area contributed by atoms with Gasteiger partial charge in [-0.1, -0.05) is 34.6 Å². The third-order valence-electron chi connectivity index (χ3n) is 4.68. The SMILES string of the molecule is CC(C)c1cc2c(cc1F)c([C@H](NS(=O)(=O)N(C)C)C(F)(F)F)cn2CC(C)(C)C. The van der Waals surface area contributed by atoms with Gasteiger partial charge in [-0.2, -0.15) is 30.6 Å². The highest BCUT2D eigenvalue weighted by molar-refractivity contribution is 7.87. The molecule has 10 heteroatoms. The molecule has 170 valence electrons. The zero-order valence-electron chi connectivity index (χ0n) is 18.2. The van der Waals surface area contributed by atoms with E-state index in [1.165, 1.54) is 6.20 Å². The van der Waals surface area contributed by atoms with E-state index in [2.05, 4.69) is 0 Å². The lowest BCUT2D eigenvalue weighted by Gasteiger charge is -2.23. The van der Waals surface area contributed by atoms with E-state index < -0.39 is 28.2 Å². The largest absolute Gasteiger partial charge is 0.409 e. The molecule has 5 nitrogen and oxygen atoms in total. The van der Waals surface area contributed by atoms with Gasteiger partial charge in [0.25, 0.3) is 10.2 Å². The van der Waals surface area contributed by atoms with Gasteiger partial charge in [0.05, 0.1) is 0 Å². The molecule has 0 aliphatic rings. The third-order valence-corrected chi connectivity index (χ3v) is 6.18. The predicted molar refractivity (Wildman–Crippen MR) is 110 cm³/mol. The fraction of sp³-hybridized carbons (Fsp3) is 0.600. The summed E-state index contributed by atoms with van der Waals surface area (Å²) in [5, 5.41) is 0.0323. The van der Waals surface area contributed by atoms with Crippen molar-refractivity contribution in [1.82, 2.24) is 13.6 Å². The fourth-order valence-corrected chi connectivity index (χ4v) is 4.00. The quantitative estimate of drug-likeness (QED) is 0.632. The van der Waals surface area contributed by atoms with Crippen molar-refractivity contribution < 1.29 is 26.0 Å². The molecule has 0 radical (unpaired) electrons. The number of halogens is 4. The average Bonchev–Trinajstić information content (AvgIpc) is 2.85. The van der Waals surface area contributed by atoms with Gasteiger partial charge in [-0.25, -0.2) is 4.39 Å². The van der Waals surface area contributed by atoms with Gasteiger partial charge in [-0.15, -0.1) is 0 Å². The summed E-state index contributed by atoms with van der Waals surface area (Å²) in [4.78, 5) is 0. The van der Waals surface area contributed by atoms with Gasteiger partial charge in [0.15, 0.2) is 0 Å². The Morgan fingerprint density at radius 2 is 1.67 bits per heavy atom. The molecule has 0 aliphatic carbocycles. The lowest BCUT2D eigenvalue weighted by Crippen LogP contribution is -2.43. The van der Waals surface area contributed by atoms with Crippen LogP contribution in [0.5, 0.6) is 0 Å². The third kappa shape index (κ3) is 5.33. The molecular formula is C20H29F4N3O2S. The highest BCUT2D eigenvalue weighted by Crippen LogP contribution is 2.40. The van der Waals surface area contributed by atoms with Crippen molar-refractivity contribution in [1.29, 1.82) is 0 Å². The highest BCUT2D eigenvalue weighted by atomic mass is 32.2. The Balaban J connectivity index is 2.81. The summed E-state index contributed by atoms with van der Waals surface area (Å²) in [5.74, 6) is -0.787. The minimum absolute atomic E-state index is 0.0323. The van der Waals surface area contributed by atoms with E-state index in [9.17, 15) is 26.0 Å². The molecule has 0 saturated heterocycles. The Morgan fingerprint density at radius 1 is 1.10 bits per heavy atom. The number of rotatable bonds is 6. The van der Waals surface area contributed by atoms with Crippen LogP contribution in [-0.4, -0.2) is 37.6 Å². The normalized spacial score (nSPS) is 14.8. The van der Waals surface area contributed by atoms with Gasteiger partial charge in [0.1, 0.15) is 11.9 Å². The molecule has 0 unspecified atom stereocenters. The second-order valence-electron chi connectivity index (χ2n) is 9.20. The molecule has 0 saturated carbocycles. The van der Waals surface area contributed by atoms with Crippen LogP contribution in [0.1, 0.15) is 57.7 Å². The summed E-state index contributed by atoms with van der Waals surface area (Å²) in [6.07, 6.45) is -3.65. The van der Waals surface area contributed by atoms with E-state index in [1.54, 1.807) is 29.2 Å². The van der Waals surface area contributed by atoms with E-state index >= 15 is 0 Å². The summed E-state index contributed by atoms with van der Waals surface area (Å²) < 4.78 is 84.9. The van der Waals surface area contributed by atoms with Gasteiger partial charge in [-0.3, -0.25) is 0 Å². The number of fused-ring (bicyclic) bond motifs is 1. The first-order valence-electron chi connectivity index (χ1n) is 9.52. The van der Waals surface area contributed by atoms with Gasteiger partial charge in [0.2, 0.25) is 0 Å². The zero-order chi connectivity index (χ0) is 23.2. The Labute approximate surface area is 175 Å². The molecule has 1 heterocycles. The molecule has 1 atom stereocenters. The monoisotopic (exact) mass is 451 g/mol. The van der Waals surface area contributed by atoms with Crippen molar-refractivity contribution in [2.45, 2.75) is 59.3 Å². The van der Waals surface area contributed by atoms with Crippen LogP contribution in [0.2, 0.25) is 0 Å². The van der Waals surface area contributed by atoms with E-state index in [0.717, 1.165) is 20.2 Å². The first-order chi connectivity index (χ1) is 13.4. The van der Waals surface area contributed by atoms with Gasteiger partial charge in [-0.05, 0) is 29.0 Å². The summed E-state index contributed by atoms with van der Waals surface area (Å²) in [6.45, 7) is 9.76. The molecule has 0 spiro atoms. The van der Waals surface area contributed by atoms with E-state index in [0.29, 0.717) is 21.9 Å². The summed E-state index contributed by atoms with van der Waals surface area (Å²) in [7, 11) is -2.13. The van der Waals surface area contributed by atoms with Gasteiger partial charge >= 0.3 is 6.18 Å². The van der Waals surface area contributed by atoms with E-state index in [4.69, 9.17) is 0 Å². The van der Waals surface area contributed by atoms with Crippen LogP contribution in [0.4, 0.5) is 17.6 Å². The summed E-state index contributed by atoms with van der Waals surface area (Å²) in [5.41, 5.74) is 0.219. The molecule has 0 aliphatic heterocycles. The molecule has 0 fully saturated rings. The second-order valence-corrected chi connectivity index (χ2v) is 11.1. The molecule has 1 aromatic carbocycles. The standard InChI is InChI=1S/C20H29F4N3O2S/c1-12(2)13-9-17-14(8-16(13)21)15(10-27(17)11-19(3,4)5)18(20(22,23)24)25-30(28,29)26(6)7/h8-10,12,18,25H,11H2,1-7H3/t18-/m0/s1. The number of benzene rings is 1. The number of alkyl halides is 3. The molecule has 0 bridgehead atoms. The van der Waals surface area contributed by atoms with E-state index in [1.807, 2.05) is 20.8 Å². The van der Waals surface area contributed by atoms with Crippen LogP contribution in [0, 0.1) is 11.2 Å². The average molecular weight is 452 g/mol. The lowest BCUT2D eigenvalue weighted by molar-refractivity contribution is -0.153. The molecule has 0 amide bonds. The van der Waals surface area contributed by atoms with Crippen molar-refractivity contribution in [3.8, 4) is 0 Å². The topological polar surface area (TPSA) is 54.3 Å². The van der Waals surface area contributed by atoms with Crippen LogP contribution in [0.3, 0.4) is 0 Å². The number of aromatic nitrogens is 1. The maximum absolute atomic E-state index is 14.7. The summed E-state index contributed by atoms with van der Waals surface area (Å²) >= 11 is 0. The molecule has 2 rings (SSSR count). The molecule has 30 heavy (non-hydrogen) atoms. The maximum Gasteiger partial charge on any atom is 0.409 e.